The van der Waals surface area contributed by atoms with Crippen LogP contribution in [0.15, 0.2) is 48.6 Å². The second-order valence-corrected chi connectivity index (χ2v) is 16.5. The molecule has 1 aromatic rings. The van der Waals surface area contributed by atoms with E-state index in [1.807, 2.05) is 64.9 Å². The minimum absolute atomic E-state index is 0.0914. The second-order valence-electron chi connectivity index (χ2n) is 16.5. The number of aliphatic hydroxyl groups excluding tert-OH is 1. The van der Waals surface area contributed by atoms with E-state index in [4.69, 9.17) is 23.7 Å². The number of fused-ring (bicyclic) bond motifs is 15. The number of carbonyl (C=O) groups excluding carboxylic acids is 2. The lowest BCUT2D eigenvalue weighted by molar-refractivity contribution is -0.297. The lowest BCUT2D eigenvalue weighted by Crippen LogP contribution is -2.60. The van der Waals surface area contributed by atoms with Gasteiger partial charge in [0.15, 0.2) is 12.1 Å². The maximum atomic E-state index is 14.4. The Hall–Kier alpha value is -2.48. The van der Waals surface area contributed by atoms with Gasteiger partial charge in [0, 0.05) is 31.1 Å². The average molecular weight is 743 g/mol. The number of hydrogen-bond donors (Lipinski definition) is 2. The fraction of sp³-hybridized carbons (Fsp3) is 0.714. The molecule has 0 amide bonds. The van der Waals surface area contributed by atoms with Crippen molar-refractivity contribution in [3.8, 4) is 0 Å². The highest BCUT2D eigenvalue weighted by molar-refractivity contribution is 6.00. The Morgan fingerprint density at radius 2 is 1.75 bits per heavy atom. The molecular formula is C42H66N2O9. The number of esters is 1. The Morgan fingerprint density at radius 3 is 2.40 bits per heavy atom. The SMILES string of the molecule is C=C1CO[C@H]2[C@@H](C)CN(C/C=C/c3ccccc3)[C@H](C)C[C@@](C)(OC1)[C@H](O[C@@H]1O[C@H](C)C[C@H](N(C)C)[C@H]1O)[C@@H](C)C(=O)[C@@H](C)C(=O)O[C@H](CC)[C@@]2(C)O. The molecule has 5 rings (SSSR count). The Bertz CT molecular complexity index is 1400. The monoisotopic (exact) mass is 742 g/mol. The van der Waals surface area contributed by atoms with Gasteiger partial charge in [-0.15, -0.1) is 0 Å². The second kappa shape index (κ2) is 18.4. The molecular weight excluding hydrogens is 676 g/mol. The van der Waals surface area contributed by atoms with Gasteiger partial charge in [0.05, 0.1) is 37.1 Å². The number of carbonyl (C=O) groups is 2. The quantitative estimate of drug-likeness (QED) is 0.226. The van der Waals surface area contributed by atoms with Crippen molar-refractivity contribution in [3.63, 3.8) is 0 Å². The van der Waals surface area contributed by atoms with Crippen LogP contribution >= 0.6 is 0 Å². The maximum Gasteiger partial charge on any atom is 0.316 e. The molecule has 0 radical (unpaired) electrons. The molecule has 4 saturated heterocycles. The highest BCUT2D eigenvalue weighted by Gasteiger charge is 2.51. The molecule has 4 fully saturated rings. The number of ether oxygens (including phenoxy) is 5. The minimum atomic E-state index is -1.60. The fourth-order valence-electron chi connectivity index (χ4n) is 8.48. The summed E-state index contributed by atoms with van der Waals surface area (Å²) in [6.07, 6.45) is 0.576. The van der Waals surface area contributed by atoms with E-state index in [9.17, 15) is 19.8 Å². The van der Waals surface area contributed by atoms with Crippen molar-refractivity contribution in [1.29, 1.82) is 0 Å². The van der Waals surface area contributed by atoms with Gasteiger partial charge < -0.3 is 38.8 Å². The van der Waals surface area contributed by atoms with Gasteiger partial charge >= 0.3 is 5.97 Å². The molecule has 13 atom stereocenters. The summed E-state index contributed by atoms with van der Waals surface area (Å²) >= 11 is 0. The number of hydrogen-bond acceptors (Lipinski definition) is 11. The summed E-state index contributed by atoms with van der Waals surface area (Å²) in [5, 5.41) is 23.8. The summed E-state index contributed by atoms with van der Waals surface area (Å²) in [5.41, 5.74) is -1.02. The van der Waals surface area contributed by atoms with Crippen LogP contribution in [0.4, 0.5) is 0 Å². The van der Waals surface area contributed by atoms with Crippen LogP contribution in [0.5, 0.6) is 0 Å². The van der Waals surface area contributed by atoms with Crippen molar-refractivity contribution in [2.45, 2.75) is 135 Å². The molecule has 0 unspecified atom stereocenters. The smallest absolute Gasteiger partial charge is 0.316 e. The Morgan fingerprint density at radius 1 is 1.08 bits per heavy atom. The number of aliphatic hydroxyl groups is 2. The number of rotatable bonds is 7. The Balaban J connectivity index is 1.87. The van der Waals surface area contributed by atoms with Crippen molar-refractivity contribution in [1.82, 2.24) is 9.80 Å². The maximum absolute atomic E-state index is 14.4. The predicted molar refractivity (Wildman–Crippen MR) is 205 cm³/mol. The first kappa shape index (κ1) is 43.3. The van der Waals surface area contributed by atoms with E-state index in [-0.39, 0.29) is 37.3 Å². The third-order valence-corrected chi connectivity index (χ3v) is 11.6. The minimum Gasteiger partial charge on any atom is -0.459 e. The lowest BCUT2D eigenvalue weighted by atomic mass is 9.79. The van der Waals surface area contributed by atoms with Crippen molar-refractivity contribution >= 4 is 17.8 Å². The van der Waals surface area contributed by atoms with Crippen LogP contribution < -0.4 is 0 Å². The third kappa shape index (κ3) is 10.4. The highest BCUT2D eigenvalue weighted by atomic mass is 16.7. The first-order valence-corrected chi connectivity index (χ1v) is 19.4. The summed E-state index contributed by atoms with van der Waals surface area (Å²) in [5.74, 6) is -3.41. The van der Waals surface area contributed by atoms with Gasteiger partial charge in [0.2, 0.25) is 0 Å². The van der Waals surface area contributed by atoms with E-state index in [0.717, 1.165) is 5.56 Å². The van der Waals surface area contributed by atoms with Crippen LogP contribution in [0.2, 0.25) is 0 Å². The van der Waals surface area contributed by atoms with Gasteiger partial charge in [-0.25, -0.2) is 0 Å². The zero-order chi connectivity index (χ0) is 39.2. The molecule has 0 aliphatic carbocycles. The Kier molecular flexibility index (Phi) is 15.0. The van der Waals surface area contributed by atoms with Gasteiger partial charge in [-0.2, -0.15) is 0 Å². The topological polar surface area (TPSA) is 127 Å². The van der Waals surface area contributed by atoms with E-state index >= 15 is 0 Å². The van der Waals surface area contributed by atoms with Crippen molar-refractivity contribution in [2.24, 2.45) is 17.8 Å². The fourth-order valence-corrected chi connectivity index (χ4v) is 8.48. The van der Waals surface area contributed by atoms with E-state index in [2.05, 4.69) is 42.7 Å². The Labute approximate surface area is 317 Å². The first-order chi connectivity index (χ1) is 24.9. The molecule has 0 saturated carbocycles. The van der Waals surface area contributed by atoms with Crippen LogP contribution in [0, 0.1) is 17.8 Å². The number of ketones is 1. The summed E-state index contributed by atoms with van der Waals surface area (Å²) in [6.45, 7) is 20.4. The van der Waals surface area contributed by atoms with Crippen LogP contribution in [0.3, 0.4) is 0 Å². The average Bonchev–Trinajstić information content (AvgIpc) is 3.11. The molecule has 2 bridgehead atoms. The number of Topliss-reactive ketones (excluding diaryl/α,β-unsaturated/α-hetero) is 1. The van der Waals surface area contributed by atoms with Crippen molar-refractivity contribution < 1.29 is 43.5 Å². The summed E-state index contributed by atoms with van der Waals surface area (Å²) in [4.78, 5) is 32.5. The lowest BCUT2D eigenvalue weighted by Gasteiger charge is -2.48. The van der Waals surface area contributed by atoms with Gasteiger partial charge in [-0.1, -0.05) is 69.8 Å². The highest BCUT2D eigenvalue weighted by Crippen LogP contribution is 2.38. The molecule has 2 N–H and O–H groups in total. The van der Waals surface area contributed by atoms with E-state index in [1.54, 1.807) is 13.8 Å². The van der Waals surface area contributed by atoms with Gasteiger partial charge in [-0.05, 0) is 85.0 Å². The van der Waals surface area contributed by atoms with Crippen LogP contribution in [-0.4, -0.2) is 132 Å². The zero-order valence-electron chi connectivity index (χ0n) is 33.7. The van der Waals surface area contributed by atoms with Gasteiger partial charge in [-0.3, -0.25) is 14.5 Å². The standard InChI is InChI=1S/C42H66N2O9/c1-12-34-42(9,48)37-27(3)23-44(20-16-19-32-17-14-13-15-18-32)28(4)22-41(8,50-25-26(2)24-49-37)38(30(6)35(45)31(7)39(47)52-34)53-40-36(46)33(43(10)11)21-29(5)51-40/h13-19,27-31,33-34,36-38,40,46,48H,2,12,20-25H2,1,3-11H3/b19-16+/t27-,28+,29+,30-,31+,33-,34+,36+,37-,38+,40-,41+,42+/m0/s1. The predicted octanol–water partition coefficient (Wildman–Crippen LogP) is 4.89. The van der Waals surface area contributed by atoms with Crippen LogP contribution in [0.1, 0.15) is 80.2 Å². The molecule has 4 aliphatic rings. The van der Waals surface area contributed by atoms with Crippen LogP contribution in [0.25, 0.3) is 6.08 Å². The number of benzene rings is 1. The van der Waals surface area contributed by atoms with E-state index in [0.29, 0.717) is 37.9 Å². The molecule has 0 aromatic heterocycles. The van der Waals surface area contributed by atoms with Crippen molar-refractivity contribution in [2.75, 3.05) is 40.4 Å². The molecule has 0 spiro atoms. The molecule has 53 heavy (non-hydrogen) atoms. The zero-order valence-corrected chi connectivity index (χ0v) is 33.7. The van der Waals surface area contributed by atoms with Gasteiger partial charge in [0.25, 0.3) is 0 Å². The largest absolute Gasteiger partial charge is 0.459 e. The van der Waals surface area contributed by atoms with Crippen molar-refractivity contribution in [3.05, 3.63) is 54.1 Å². The van der Waals surface area contributed by atoms with Gasteiger partial charge in [0.1, 0.15) is 23.7 Å². The normalized spacial score (nSPS) is 40.3. The summed E-state index contributed by atoms with van der Waals surface area (Å²) in [6, 6.07) is 9.72. The molecule has 11 heteroatoms. The molecule has 4 aliphatic heterocycles. The first-order valence-electron chi connectivity index (χ1n) is 19.4. The summed E-state index contributed by atoms with van der Waals surface area (Å²) in [7, 11) is 3.82. The molecule has 1 aromatic carbocycles. The van der Waals surface area contributed by atoms with E-state index < -0.39 is 65.5 Å². The van der Waals surface area contributed by atoms with E-state index in [1.165, 1.54) is 6.92 Å². The molecule has 298 valence electrons. The summed E-state index contributed by atoms with van der Waals surface area (Å²) < 4.78 is 32.5. The van der Waals surface area contributed by atoms with Crippen LogP contribution in [-0.2, 0) is 33.3 Å². The number of nitrogens with zero attached hydrogens (tertiary/aromatic N) is 2. The molecule has 11 nitrogen and oxygen atoms in total. The molecule has 4 heterocycles. The number of likely N-dealkylation sites (N-methyl/N-ethyl adjacent to an activating group) is 1. The third-order valence-electron chi connectivity index (χ3n) is 11.6.